The lowest BCUT2D eigenvalue weighted by atomic mass is 10.2. The van der Waals surface area contributed by atoms with Gasteiger partial charge in [0.25, 0.3) is 0 Å². The van der Waals surface area contributed by atoms with Gasteiger partial charge in [-0.05, 0) is 18.2 Å². The van der Waals surface area contributed by atoms with E-state index in [1.165, 1.54) is 0 Å². The average Bonchev–Trinajstić information content (AvgIpc) is 1.94. The maximum atomic E-state index is 8.57. The van der Waals surface area contributed by atoms with E-state index < -0.39 is 0 Å². The summed E-state index contributed by atoms with van der Waals surface area (Å²) < 4.78 is 0. The van der Waals surface area contributed by atoms with Crippen molar-refractivity contribution in [3.63, 3.8) is 0 Å². The Labute approximate surface area is 69.2 Å². The second kappa shape index (κ2) is 3.24. The molecular weight excluding hydrogens is 171 g/mol. The van der Waals surface area contributed by atoms with Gasteiger partial charge in [-0.25, -0.2) is 0 Å². The molecule has 1 rings (SSSR count). The van der Waals surface area contributed by atoms with E-state index in [0.29, 0.717) is 15.6 Å². The van der Waals surface area contributed by atoms with Crippen LogP contribution in [0.15, 0.2) is 18.2 Å². The highest BCUT2D eigenvalue weighted by atomic mass is 35.5. The van der Waals surface area contributed by atoms with Crippen molar-refractivity contribution in [1.82, 2.24) is 0 Å². The highest BCUT2D eigenvalue weighted by Gasteiger charge is 1.98. The van der Waals surface area contributed by atoms with E-state index in [4.69, 9.17) is 28.3 Å². The molecule has 0 unspecified atom stereocenters. The number of aliphatic hydroxyl groups is 1. The molecular formula is C7H5Cl2O. The molecule has 0 heterocycles. The molecule has 0 amide bonds. The van der Waals surface area contributed by atoms with Crippen LogP contribution in [0.1, 0.15) is 5.56 Å². The van der Waals surface area contributed by atoms with E-state index >= 15 is 0 Å². The van der Waals surface area contributed by atoms with Crippen molar-refractivity contribution in [2.24, 2.45) is 0 Å². The molecule has 0 aliphatic rings. The van der Waals surface area contributed by atoms with Crippen LogP contribution in [0.5, 0.6) is 0 Å². The third-order valence-electron chi connectivity index (χ3n) is 1.10. The molecule has 0 fully saturated rings. The monoisotopic (exact) mass is 175 g/mol. The first-order chi connectivity index (χ1) is 4.74. The van der Waals surface area contributed by atoms with Crippen molar-refractivity contribution in [3.8, 4) is 0 Å². The molecule has 3 heteroatoms. The van der Waals surface area contributed by atoms with E-state index in [9.17, 15) is 0 Å². The highest BCUT2D eigenvalue weighted by Crippen LogP contribution is 2.20. The van der Waals surface area contributed by atoms with Gasteiger partial charge in [0.05, 0.1) is 0 Å². The fourth-order valence-corrected chi connectivity index (χ4v) is 0.960. The number of benzene rings is 1. The summed E-state index contributed by atoms with van der Waals surface area (Å²) in [5.74, 6) is 0. The molecule has 53 valence electrons. The third-order valence-corrected chi connectivity index (χ3v) is 1.68. The van der Waals surface area contributed by atoms with Crippen LogP contribution in [-0.4, -0.2) is 5.11 Å². The largest absolute Gasteiger partial charge is 0.385 e. The van der Waals surface area contributed by atoms with E-state index in [-0.39, 0.29) is 0 Å². The van der Waals surface area contributed by atoms with Crippen LogP contribution < -0.4 is 0 Å². The zero-order chi connectivity index (χ0) is 7.56. The molecule has 1 aromatic carbocycles. The maximum Gasteiger partial charge on any atom is 0.111 e. The lowest BCUT2D eigenvalue weighted by molar-refractivity contribution is 0.415. The number of hydrogen-bond acceptors (Lipinski definition) is 1. The molecule has 1 N–H and O–H groups in total. The Hall–Kier alpha value is -0.240. The summed E-state index contributed by atoms with van der Waals surface area (Å²) in [6.07, 6.45) is 0. The molecule has 1 aromatic rings. The zero-order valence-electron chi connectivity index (χ0n) is 5.01. The minimum absolute atomic E-state index is 0.493. The zero-order valence-corrected chi connectivity index (χ0v) is 6.52. The Morgan fingerprint density at radius 1 is 1.30 bits per heavy atom. The summed E-state index contributed by atoms with van der Waals surface area (Å²) in [5, 5.41) is 9.63. The predicted octanol–water partition coefficient (Wildman–Crippen LogP) is 2.88. The van der Waals surface area contributed by atoms with Crippen molar-refractivity contribution in [2.45, 2.75) is 0 Å². The van der Waals surface area contributed by atoms with Crippen LogP contribution >= 0.6 is 23.2 Å². The summed E-state index contributed by atoms with van der Waals surface area (Å²) in [4.78, 5) is 0. The summed E-state index contributed by atoms with van der Waals surface area (Å²) in [7, 11) is 0. The van der Waals surface area contributed by atoms with Gasteiger partial charge in [0, 0.05) is 15.6 Å². The Balaban J connectivity index is 3.09. The second-order valence-electron chi connectivity index (χ2n) is 1.79. The molecule has 0 saturated heterocycles. The molecule has 0 aliphatic carbocycles. The Bertz CT molecular complexity index is 235. The third kappa shape index (κ3) is 1.63. The minimum Gasteiger partial charge on any atom is -0.385 e. The van der Waals surface area contributed by atoms with Crippen LogP contribution in [0.2, 0.25) is 10.0 Å². The van der Waals surface area contributed by atoms with Gasteiger partial charge in [-0.3, -0.25) is 0 Å². The summed E-state index contributed by atoms with van der Waals surface area (Å²) in [6.45, 7) is 0.925. The van der Waals surface area contributed by atoms with Gasteiger partial charge in [0.15, 0.2) is 0 Å². The fourth-order valence-electron chi connectivity index (χ4n) is 0.614. The number of halogens is 2. The van der Waals surface area contributed by atoms with E-state index in [2.05, 4.69) is 0 Å². The fraction of sp³-hybridized carbons (Fsp3) is 0. The summed E-state index contributed by atoms with van der Waals surface area (Å²) in [6, 6.07) is 4.88. The Kier molecular flexibility index (Phi) is 2.55. The molecule has 1 radical (unpaired) electrons. The average molecular weight is 176 g/mol. The Morgan fingerprint density at radius 2 is 2.00 bits per heavy atom. The van der Waals surface area contributed by atoms with Crippen molar-refractivity contribution >= 4 is 23.2 Å². The molecule has 10 heavy (non-hydrogen) atoms. The topological polar surface area (TPSA) is 20.2 Å². The lowest BCUT2D eigenvalue weighted by Crippen LogP contribution is -1.80. The van der Waals surface area contributed by atoms with Gasteiger partial charge >= 0.3 is 0 Å². The number of hydrogen-bond donors (Lipinski definition) is 1. The highest BCUT2D eigenvalue weighted by molar-refractivity contribution is 6.33. The van der Waals surface area contributed by atoms with Crippen LogP contribution in [-0.2, 0) is 0 Å². The van der Waals surface area contributed by atoms with Gasteiger partial charge in [-0.1, -0.05) is 23.2 Å². The Morgan fingerprint density at radius 3 is 2.50 bits per heavy atom. The van der Waals surface area contributed by atoms with Gasteiger partial charge in [-0.2, -0.15) is 0 Å². The number of rotatable bonds is 1. The van der Waals surface area contributed by atoms with Crippen molar-refractivity contribution in [3.05, 3.63) is 40.4 Å². The number of aliphatic hydroxyl groups excluding tert-OH is 1. The van der Waals surface area contributed by atoms with E-state index in [1.54, 1.807) is 18.2 Å². The van der Waals surface area contributed by atoms with Gasteiger partial charge in [0.2, 0.25) is 0 Å². The SMILES string of the molecule is O[CH]c1cc(Cl)ccc1Cl. The van der Waals surface area contributed by atoms with Crippen molar-refractivity contribution in [1.29, 1.82) is 0 Å². The maximum absolute atomic E-state index is 8.57. The minimum atomic E-state index is 0.493. The lowest BCUT2D eigenvalue weighted by Gasteiger charge is -1.97. The van der Waals surface area contributed by atoms with Crippen LogP contribution in [0.3, 0.4) is 0 Å². The van der Waals surface area contributed by atoms with Crippen LogP contribution in [0, 0.1) is 6.61 Å². The van der Waals surface area contributed by atoms with E-state index in [1.807, 2.05) is 0 Å². The standard InChI is InChI=1S/C7H5Cl2O/c8-6-1-2-7(9)5(3-6)4-10/h1-4,10H. The van der Waals surface area contributed by atoms with Gasteiger partial charge in [0.1, 0.15) is 6.61 Å². The van der Waals surface area contributed by atoms with Crippen molar-refractivity contribution < 1.29 is 5.11 Å². The predicted molar refractivity (Wildman–Crippen MR) is 41.8 cm³/mol. The first-order valence-electron chi connectivity index (χ1n) is 2.66. The van der Waals surface area contributed by atoms with Gasteiger partial charge in [-0.15, -0.1) is 0 Å². The summed E-state index contributed by atoms with van der Waals surface area (Å²) in [5.41, 5.74) is 0.536. The van der Waals surface area contributed by atoms with E-state index in [0.717, 1.165) is 6.61 Å². The van der Waals surface area contributed by atoms with Gasteiger partial charge < -0.3 is 5.11 Å². The molecule has 0 spiro atoms. The first-order valence-corrected chi connectivity index (χ1v) is 3.42. The molecule has 0 aliphatic heterocycles. The van der Waals surface area contributed by atoms with Crippen molar-refractivity contribution in [2.75, 3.05) is 0 Å². The molecule has 0 bridgehead atoms. The molecule has 0 saturated carbocycles. The second-order valence-corrected chi connectivity index (χ2v) is 2.64. The normalized spacial score (nSPS) is 9.90. The van der Waals surface area contributed by atoms with Crippen LogP contribution in [0.25, 0.3) is 0 Å². The first kappa shape index (κ1) is 7.86. The summed E-state index contributed by atoms with van der Waals surface area (Å²) >= 11 is 11.3. The molecule has 0 atom stereocenters. The van der Waals surface area contributed by atoms with Crippen LogP contribution in [0.4, 0.5) is 0 Å². The molecule has 1 nitrogen and oxygen atoms in total. The quantitative estimate of drug-likeness (QED) is 0.697. The smallest absolute Gasteiger partial charge is 0.111 e. The molecule has 0 aromatic heterocycles.